The molecule has 1 atom stereocenters. The second-order valence-corrected chi connectivity index (χ2v) is 9.89. The SMILES string of the molecule is CC(C)C[C@H](NC(=O)C12CC3CC(CC(C3)C1)C2)C(=O)N1CCCC1. The Bertz CT molecular complexity index is 501. The van der Waals surface area contributed by atoms with Gasteiger partial charge in [0.25, 0.3) is 0 Å². The number of amides is 2. The summed E-state index contributed by atoms with van der Waals surface area (Å²) in [4.78, 5) is 28.2. The summed E-state index contributed by atoms with van der Waals surface area (Å²) in [5.74, 6) is 3.04. The fourth-order valence-electron chi connectivity index (χ4n) is 6.55. The maximum atomic E-state index is 13.3. The summed E-state index contributed by atoms with van der Waals surface area (Å²) in [6.45, 7) is 6.00. The number of carbonyl (C=O) groups excluding carboxylic acids is 2. The molecular weight excluding hydrogens is 312 g/mol. The molecule has 4 nitrogen and oxygen atoms in total. The van der Waals surface area contributed by atoms with E-state index < -0.39 is 0 Å². The minimum Gasteiger partial charge on any atom is -0.344 e. The highest BCUT2D eigenvalue weighted by Crippen LogP contribution is 2.60. The molecule has 1 N–H and O–H groups in total. The molecule has 0 spiro atoms. The van der Waals surface area contributed by atoms with Crippen LogP contribution in [0.25, 0.3) is 0 Å². The lowest BCUT2D eigenvalue weighted by atomic mass is 9.49. The summed E-state index contributed by atoms with van der Waals surface area (Å²) in [5.41, 5.74) is -0.157. The largest absolute Gasteiger partial charge is 0.344 e. The van der Waals surface area contributed by atoms with Crippen LogP contribution in [0.2, 0.25) is 0 Å². The van der Waals surface area contributed by atoms with Crippen LogP contribution >= 0.6 is 0 Å². The maximum Gasteiger partial charge on any atom is 0.245 e. The lowest BCUT2D eigenvalue weighted by Gasteiger charge is -2.55. The molecule has 5 rings (SSSR count). The average Bonchev–Trinajstić information content (AvgIpc) is 3.06. The van der Waals surface area contributed by atoms with E-state index in [0.717, 1.165) is 69.4 Å². The van der Waals surface area contributed by atoms with Crippen LogP contribution < -0.4 is 5.32 Å². The van der Waals surface area contributed by atoms with Crippen LogP contribution in [0, 0.1) is 29.1 Å². The molecule has 5 aliphatic rings. The van der Waals surface area contributed by atoms with Gasteiger partial charge in [-0.1, -0.05) is 13.8 Å². The van der Waals surface area contributed by atoms with Crippen molar-refractivity contribution in [2.75, 3.05) is 13.1 Å². The highest BCUT2D eigenvalue weighted by Gasteiger charge is 2.55. The summed E-state index contributed by atoms with van der Waals surface area (Å²) in [6, 6.07) is -0.321. The number of nitrogens with zero attached hydrogens (tertiary/aromatic N) is 1. The Morgan fingerprint density at radius 2 is 1.52 bits per heavy atom. The van der Waals surface area contributed by atoms with E-state index in [1.807, 2.05) is 4.90 Å². The monoisotopic (exact) mass is 346 g/mol. The molecule has 0 aromatic rings. The molecular formula is C21H34N2O2. The molecule has 140 valence electrons. The van der Waals surface area contributed by atoms with E-state index in [9.17, 15) is 9.59 Å². The van der Waals surface area contributed by atoms with E-state index in [-0.39, 0.29) is 23.3 Å². The van der Waals surface area contributed by atoms with Crippen LogP contribution in [0.4, 0.5) is 0 Å². The second kappa shape index (κ2) is 6.59. The molecule has 5 fully saturated rings. The number of carbonyl (C=O) groups is 2. The summed E-state index contributed by atoms with van der Waals surface area (Å²) >= 11 is 0. The van der Waals surface area contributed by atoms with Gasteiger partial charge >= 0.3 is 0 Å². The molecule has 1 saturated heterocycles. The van der Waals surface area contributed by atoms with Crippen LogP contribution in [0.1, 0.15) is 71.6 Å². The van der Waals surface area contributed by atoms with Crippen molar-refractivity contribution in [3.05, 3.63) is 0 Å². The van der Waals surface area contributed by atoms with Crippen molar-refractivity contribution in [3.63, 3.8) is 0 Å². The van der Waals surface area contributed by atoms with Crippen molar-refractivity contribution < 1.29 is 9.59 Å². The van der Waals surface area contributed by atoms with Gasteiger partial charge in [-0.15, -0.1) is 0 Å². The highest BCUT2D eigenvalue weighted by atomic mass is 16.2. The van der Waals surface area contributed by atoms with Crippen LogP contribution in [-0.2, 0) is 9.59 Å². The number of nitrogens with one attached hydrogen (secondary N) is 1. The first-order chi connectivity index (χ1) is 11.9. The number of rotatable bonds is 5. The van der Waals surface area contributed by atoms with E-state index in [4.69, 9.17) is 0 Å². The summed E-state index contributed by atoms with van der Waals surface area (Å²) < 4.78 is 0. The zero-order valence-corrected chi connectivity index (χ0v) is 15.9. The quantitative estimate of drug-likeness (QED) is 0.830. The van der Waals surface area contributed by atoms with E-state index in [1.165, 1.54) is 19.3 Å². The molecule has 1 aliphatic heterocycles. The Morgan fingerprint density at radius 1 is 1.00 bits per heavy atom. The average molecular weight is 347 g/mol. The van der Waals surface area contributed by atoms with E-state index in [2.05, 4.69) is 19.2 Å². The van der Waals surface area contributed by atoms with Crippen molar-refractivity contribution in [3.8, 4) is 0 Å². The molecule has 0 aromatic heterocycles. The predicted octanol–water partition coefficient (Wildman–Crippen LogP) is 3.36. The first kappa shape index (κ1) is 17.4. The lowest BCUT2D eigenvalue weighted by Crippen LogP contribution is -2.57. The molecule has 0 unspecified atom stereocenters. The van der Waals surface area contributed by atoms with Crippen LogP contribution in [0.15, 0.2) is 0 Å². The molecule has 0 aromatic carbocycles. The number of hydrogen-bond donors (Lipinski definition) is 1. The summed E-state index contributed by atoms with van der Waals surface area (Å²) in [6.07, 6.45) is 10.2. The minimum atomic E-state index is -0.321. The van der Waals surface area contributed by atoms with Crippen LogP contribution in [-0.4, -0.2) is 35.8 Å². The van der Waals surface area contributed by atoms with Crippen LogP contribution in [0.3, 0.4) is 0 Å². The Balaban J connectivity index is 1.47. The van der Waals surface area contributed by atoms with Gasteiger partial charge in [0.2, 0.25) is 11.8 Å². The zero-order valence-electron chi connectivity index (χ0n) is 15.9. The fraction of sp³-hybridized carbons (Fsp3) is 0.905. The fourth-order valence-corrected chi connectivity index (χ4v) is 6.55. The summed E-state index contributed by atoms with van der Waals surface area (Å²) in [7, 11) is 0. The third-order valence-electron chi connectivity index (χ3n) is 7.25. The zero-order chi connectivity index (χ0) is 17.6. The second-order valence-electron chi connectivity index (χ2n) is 9.89. The van der Waals surface area contributed by atoms with Gasteiger partial charge in [0.1, 0.15) is 6.04 Å². The predicted molar refractivity (Wildman–Crippen MR) is 97.8 cm³/mol. The topological polar surface area (TPSA) is 49.4 Å². The normalized spacial score (nSPS) is 37.6. The number of hydrogen-bond acceptors (Lipinski definition) is 2. The van der Waals surface area contributed by atoms with E-state index >= 15 is 0 Å². The molecule has 25 heavy (non-hydrogen) atoms. The number of likely N-dealkylation sites (tertiary alicyclic amines) is 1. The Hall–Kier alpha value is -1.06. The minimum absolute atomic E-state index is 0.157. The van der Waals surface area contributed by atoms with Crippen LogP contribution in [0.5, 0.6) is 0 Å². The highest BCUT2D eigenvalue weighted by molar-refractivity contribution is 5.90. The van der Waals surface area contributed by atoms with Gasteiger partial charge in [0.05, 0.1) is 0 Å². The van der Waals surface area contributed by atoms with Gasteiger partial charge in [-0.3, -0.25) is 9.59 Å². The molecule has 4 saturated carbocycles. The van der Waals surface area contributed by atoms with E-state index in [0.29, 0.717) is 5.92 Å². The van der Waals surface area contributed by atoms with Gasteiger partial charge in [0.15, 0.2) is 0 Å². The van der Waals surface area contributed by atoms with Gasteiger partial charge in [-0.05, 0) is 81.5 Å². The standard InChI is InChI=1S/C21H34N2O2/c1-14(2)7-18(19(24)23-5-3-4-6-23)22-20(25)21-11-15-8-16(12-21)10-17(9-15)13-21/h14-18H,3-13H2,1-2H3,(H,22,25)/t15?,16?,17?,18-,21?/m0/s1. The molecule has 4 bridgehead atoms. The maximum absolute atomic E-state index is 13.3. The van der Waals surface area contributed by atoms with Gasteiger partial charge in [-0.25, -0.2) is 0 Å². The van der Waals surface area contributed by atoms with Crippen molar-refractivity contribution in [2.24, 2.45) is 29.1 Å². The first-order valence-corrected chi connectivity index (χ1v) is 10.5. The van der Waals surface area contributed by atoms with Gasteiger partial charge in [0, 0.05) is 18.5 Å². The Kier molecular flexibility index (Phi) is 4.57. The smallest absolute Gasteiger partial charge is 0.245 e. The van der Waals surface area contributed by atoms with Gasteiger partial charge in [-0.2, -0.15) is 0 Å². The molecule has 1 heterocycles. The molecule has 4 aliphatic carbocycles. The molecule has 4 heteroatoms. The summed E-state index contributed by atoms with van der Waals surface area (Å²) in [5, 5.41) is 3.25. The molecule has 0 radical (unpaired) electrons. The molecule has 2 amide bonds. The first-order valence-electron chi connectivity index (χ1n) is 10.5. The Morgan fingerprint density at radius 3 is 2.00 bits per heavy atom. The van der Waals surface area contributed by atoms with Crippen molar-refractivity contribution >= 4 is 11.8 Å². The third-order valence-corrected chi connectivity index (χ3v) is 7.25. The van der Waals surface area contributed by atoms with Crippen molar-refractivity contribution in [1.29, 1.82) is 0 Å². The third kappa shape index (κ3) is 3.33. The van der Waals surface area contributed by atoms with Crippen molar-refractivity contribution in [2.45, 2.75) is 77.7 Å². The van der Waals surface area contributed by atoms with E-state index in [1.54, 1.807) is 0 Å². The van der Waals surface area contributed by atoms with Crippen molar-refractivity contribution in [1.82, 2.24) is 10.2 Å². The van der Waals surface area contributed by atoms with Gasteiger partial charge < -0.3 is 10.2 Å². The Labute approximate surface area is 152 Å². The lowest BCUT2D eigenvalue weighted by molar-refractivity contribution is -0.150.